The molecule has 0 radical (unpaired) electrons. The van der Waals surface area contributed by atoms with Crippen LogP contribution in [0.2, 0.25) is 0 Å². The summed E-state index contributed by atoms with van der Waals surface area (Å²) in [6, 6.07) is 12.1. The molecule has 1 heterocycles. The van der Waals surface area contributed by atoms with Crippen LogP contribution in [-0.4, -0.2) is 83.4 Å². The Kier molecular flexibility index (Phi) is 8.69. The first kappa shape index (κ1) is 24.8. The van der Waals surface area contributed by atoms with Crippen molar-refractivity contribution in [3.8, 4) is 11.5 Å². The van der Waals surface area contributed by atoms with Crippen LogP contribution in [0.1, 0.15) is 10.4 Å². The molecule has 2 aromatic carbocycles. The Hall–Kier alpha value is -3.79. The minimum atomic E-state index is -0.538. The number of nitrogens with zero attached hydrogens (tertiary/aromatic N) is 2. The summed E-state index contributed by atoms with van der Waals surface area (Å²) in [5.41, 5.74) is 2.03. The van der Waals surface area contributed by atoms with E-state index in [0.717, 1.165) is 18.8 Å². The van der Waals surface area contributed by atoms with Crippen LogP contribution in [-0.2, 0) is 19.1 Å². The second-order valence-corrected chi connectivity index (χ2v) is 7.59. The van der Waals surface area contributed by atoms with E-state index in [0.29, 0.717) is 30.2 Å². The largest absolute Gasteiger partial charge is 0.493 e. The number of carbonyl (C=O) groups excluding carboxylic acids is 3. The van der Waals surface area contributed by atoms with Gasteiger partial charge in [0.1, 0.15) is 0 Å². The molecule has 0 unspecified atom stereocenters. The van der Waals surface area contributed by atoms with Crippen LogP contribution in [0.15, 0.2) is 42.5 Å². The van der Waals surface area contributed by atoms with Gasteiger partial charge in [-0.25, -0.2) is 4.79 Å². The van der Waals surface area contributed by atoms with Crippen molar-refractivity contribution in [1.29, 1.82) is 0 Å². The van der Waals surface area contributed by atoms with Crippen molar-refractivity contribution in [2.75, 3.05) is 70.9 Å². The molecule has 1 N–H and O–H groups in total. The smallest absolute Gasteiger partial charge is 0.343 e. The fourth-order valence-electron chi connectivity index (χ4n) is 3.40. The van der Waals surface area contributed by atoms with Gasteiger partial charge < -0.3 is 34.1 Å². The minimum absolute atomic E-state index is 0.132. The first-order chi connectivity index (χ1) is 16.4. The molecule has 3 rings (SSSR count). The molecule has 34 heavy (non-hydrogen) atoms. The highest BCUT2D eigenvalue weighted by atomic mass is 16.6. The molecule has 10 nitrogen and oxygen atoms in total. The molecule has 1 aliphatic heterocycles. The van der Waals surface area contributed by atoms with Crippen molar-refractivity contribution in [2.45, 2.75) is 0 Å². The number of rotatable bonds is 9. The first-order valence-corrected chi connectivity index (χ1v) is 10.8. The van der Waals surface area contributed by atoms with Crippen molar-refractivity contribution in [2.24, 2.45) is 0 Å². The van der Waals surface area contributed by atoms with E-state index in [1.807, 2.05) is 24.3 Å². The van der Waals surface area contributed by atoms with E-state index >= 15 is 0 Å². The highest BCUT2D eigenvalue weighted by Gasteiger charge is 2.18. The van der Waals surface area contributed by atoms with Crippen LogP contribution in [0.25, 0.3) is 0 Å². The number of anilines is 2. The van der Waals surface area contributed by atoms with Crippen LogP contribution >= 0.6 is 0 Å². The zero-order chi connectivity index (χ0) is 24.5. The van der Waals surface area contributed by atoms with E-state index < -0.39 is 5.97 Å². The maximum Gasteiger partial charge on any atom is 0.343 e. The lowest BCUT2D eigenvalue weighted by atomic mass is 10.1. The summed E-state index contributed by atoms with van der Waals surface area (Å²) < 4.78 is 20.5. The molecule has 2 aromatic rings. The standard InChI is InChI=1S/C24H29N3O7/c1-26(24(30)17-4-9-20(21(14-17)31-2)34-16-23(29)32-3)15-22(28)25-18-5-7-19(8-6-18)27-10-12-33-13-11-27/h4-9,14H,10-13,15-16H2,1-3H3,(H,25,28). The predicted molar refractivity (Wildman–Crippen MR) is 126 cm³/mol. The number of morpholine rings is 1. The topological polar surface area (TPSA) is 107 Å². The predicted octanol–water partition coefficient (Wildman–Crippen LogP) is 1.79. The number of nitrogens with one attached hydrogen (secondary N) is 1. The van der Waals surface area contributed by atoms with Crippen molar-refractivity contribution < 1.29 is 33.3 Å². The van der Waals surface area contributed by atoms with E-state index in [-0.39, 0.29) is 30.7 Å². The summed E-state index contributed by atoms with van der Waals surface area (Å²) in [5, 5.41) is 2.81. The average molecular weight is 472 g/mol. The van der Waals surface area contributed by atoms with Crippen LogP contribution in [0, 0.1) is 0 Å². The van der Waals surface area contributed by atoms with Gasteiger partial charge in [0.15, 0.2) is 18.1 Å². The van der Waals surface area contributed by atoms with Gasteiger partial charge in [-0.15, -0.1) is 0 Å². The zero-order valence-electron chi connectivity index (χ0n) is 19.5. The molecular weight excluding hydrogens is 442 g/mol. The van der Waals surface area contributed by atoms with Crippen LogP contribution in [0.3, 0.4) is 0 Å². The van der Waals surface area contributed by atoms with Crippen molar-refractivity contribution in [3.05, 3.63) is 48.0 Å². The van der Waals surface area contributed by atoms with Gasteiger partial charge in [-0.2, -0.15) is 0 Å². The summed E-state index contributed by atoms with van der Waals surface area (Å²) in [5.74, 6) is -0.641. The minimum Gasteiger partial charge on any atom is -0.493 e. The molecule has 10 heteroatoms. The highest BCUT2D eigenvalue weighted by Crippen LogP contribution is 2.28. The lowest BCUT2D eigenvalue weighted by Gasteiger charge is -2.28. The van der Waals surface area contributed by atoms with Gasteiger partial charge in [-0.1, -0.05) is 0 Å². The molecule has 182 valence electrons. The maximum absolute atomic E-state index is 12.8. The third-order valence-electron chi connectivity index (χ3n) is 5.24. The molecule has 0 saturated carbocycles. The summed E-state index contributed by atoms with van der Waals surface area (Å²) in [6.45, 7) is 2.66. The maximum atomic E-state index is 12.8. The normalized spacial score (nSPS) is 13.1. The molecule has 0 atom stereocenters. The lowest BCUT2D eigenvalue weighted by Crippen LogP contribution is -2.36. The SMILES string of the molecule is COC(=O)COc1ccc(C(=O)N(C)CC(=O)Nc2ccc(N3CCOCC3)cc2)cc1OC. The molecule has 1 saturated heterocycles. The number of ether oxygens (including phenoxy) is 4. The summed E-state index contributed by atoms with van der Waals surface area (Å²) in [6.07, 6.45) is 0. The Bertz CT molecular complexity index is 1000. The number of carbonyl (C=O) groups is 3. The molecule has 0 aromatic heterocycles. The van der Waals surface area contributed by atoms with Gasteiger partial charge >= 0.3 is 5.97 Å². The van der Waals surface area contributed by atoms with Crippen LogP contribution in [0.4, 0.5) is 11.4 Å². The molecular formula is C24H29N3O7. The first-order valence-electron chi connectivity index (χ1n) is 10.8. The molecule has 0 bridgehead atoms. The van der Waals surface area contributed by atoms with Crippen molar-refractivity contribution in [3.63, 3.8) is 0 Å². The van der Waals surface area contributed by atoms with Gasteiger partial charge in [0.05, 0.1) is 34.0 Å². The van der Waals surface area contributed by atoms with Crippen molar-refractivity contribution in [1.82, 2.24) is 4.90 Å². The Morgan fingerprint density at radius 2 is 1.74 bits per heavy atom. The van der Waals surface area contributed by atoms with Gasteiger partial charge in [0.2, 0.25) is 5.91 Å². The average Bonchev–Trinajstić information content (AvgIpc) is 2.87. The lowest BCUT2D eigenvalue weighted by molar-refractivity contribution is -0.142. The van der Waals surface area contributed by atoms with Gasteiger partial charge in [-0.05, 0) is 42.5 Å². The van der Waals surface area contributed by atoms with Gasteiger partial charge in [-0.3, -0.25) is 9.59 Å². The van der Waals surface area contributed by atoms with Crippen molar-refractivity contribution >= 4 is 29.2 Å². The Balaban J connectivity index is 1.56. The number of amides is 2. The van der Waals surface area contributed by atoms with Crippen LogP contribution in [0.5, 0.6) is 11.5 Å². The number of benzene rings is 2. The summed E-state index contributed by atoms with van der Waals surface area (Å²) in [4.78, 5) is 40.1. The number of likely N-dealkylation sites (N-methyl/N-ethyl adjacent to an activating group) is 1. The van der Waals surface area contributed by atoms with Gasteiger partial charge in [0, 0.05) is 37.1 Å². The number of hydrogen-bond donors (Lipinski definition) is 1. The third kappa shape index (κ3) is 6.61. The number of methoxy groups -OCH3 is 2. The third-order valence-corrected chi connectivity index (χ3v) is 5.24. The van der Waals surface area contributed by atoms with E-state index in [1.54, 1.807) is 0 Å². The quantitative estimate of drug-likeness (QED) is 0.552. The molecule has 2 amide bonds. The van der Waals surface area contributed by atoms with E-state index in [9.17, 15) is 14.4 Å². The van der Waals surface area contributed by atoms with Gasteiger partial charge in [0.25, 0.3) is 5.91 Å². The number of esters is 1. The van der Waals surface area contributed by atoms with E-state index in [4.69, 9.17) is 14.2 Å². The fourth-order valence-corrected chi connectivity index (χ4v) is 3.40. The Labute approximate surface area is 198 Å². The monoisotopic (exact) mass is 471 g/mol. The Morgan fingerprint density at radius 1 is 1.03 bits per heavy atom. The molecule has 1 aliphatic rings. The zero-order valence-corrected chi connectivity index (χ0v) is 19.5. The number of hydrogen-bond acceptors (Lipinski definition) is 8. The molecule has 1 fully saturated rings. The highest BCUT2D eigenvalue weighted by molar-refractivity contribution is 5.99. The second kappa shape index (κ2) is 11.9. The second-order valence-electron chi connectivity index (χ2n) is 7.59. The van der Waals surface area contributed by atoms with Crippen LogP contribution < -0.4 is 19.7 Å². The molecule has 0 aliphatic carbocycles. The Morgan fingerprint density at radius 3 is 2.38 bits per heavy atom. The fraction of sp³-hybridized carbons (Fsp3) is 0.375. The van der Waals surface area contributed by atoms with E-state index in [1.165, 1.54) is 44.4 Å². The summed E-state index contributed by atoms with van der Waals surface area (Å²) >= 11 is 0. The molecule has 0 spiro atoms. The van der Waals surface area contributed by atoms with E-state index in [2.05, 4.69) is 15.0 Å². The summed E-state index contributed by atoms with van der Waals surface area (Å²) in [7, 11) is 4.23.